The van der Waals surface area contributed by atoms with Crippen molar-refractivity contribution >= 4 is 0 Å². The molecular weight excluding hydrogens is 190 g/mol. The molecule has 84 valence electrons. The molecule has 1 aliphatic heterocycles. The minimum Gasteiger partial charge on any atom is -0.387 e. The third-order valence-electron chi connectivity index (χ3n) is 2.93. The fourth-order valence-corrected chi connectivity index (χ4v) is 2.10. The Kier molecular flexibility index (Phi) is 3.38. The predicted octanol–water partition coefficient (Wildman–Crippen LogP) is 1.08. The van der Waals surface area contributed by atoms with E-state index in [9.17, 15) is 5.11 Å². The molecule has 1 fully saturated rings. The molecule has 4 nitrogen and oxygen atoms in total. The fraction of sp³-hybridized carbons (Fsp3) is 0.727. The molecule has 0 saturated carbocycles. The van der Waals surface area contributed by atoms with Gasteiger partial charge in [-0.15, -0.1) is 0 Å². The maximum atomic E-state index is 10.1. The second-order valence-corrected chi connectivity index (χ2v) is 4.18. The van der Waals surface area contributed by atoms with Gasteiger partial charge in [-0.3, -0.25) is 4.68 Å². The number of hydrogen-bond donors (Lipinski definition) is 2. The van der Waals surface area contributed by atoms with Crippen molar-refractivity contribution in [3.8, 4) is 0 Å². The Hall–Kier alpha value is -0.870. The van der Waals surface area contributed by atoms with Crippen molar-refractivity contribution in [3.63, 3.8) is 0 Å². The zero-order valence-electron chi connectivity index (χ0n) is 9.19. The molecule has 2 N–H and O–H groups in total. The first-order valence-electron chi connectivity index (χ1n) is 5.75. The molecule has 2 unspecified atom stereocenters. The molecule has 1 aliphatic rings. The summed E-state index contributed by atoms with van der Waals surface area (Å²) in [6.07, 6.45) is 6.61. The highest BCUT2D eigenvalue weighted by Crippen LogP contribution is 2.22. The summed E-state index contributed by atoms with van der Waals surface area (Å²) in [5.74, 6) is 0. The van der Waals surface area contributed by atoms with Crippen LogP contribution < -0.4 is 5.32 Å². The summed E-state index contributed by atoms with van der Waals surface area (Å²) in [6, 6.07) is 0.212. The Morgan fingerprint density at radius 2 is 2.60 bits per heavy atom. The van der Waals surface area contributed by atoms with Crippen LogP contribution in [-0.4, -0.2) is 27.5 Å². The van der Waals surface area contributed by atoms with E-state index in [-0.39, 0.29) is 6.04 Å². The number of nitrogens with one attached hydrogen (secondary N) is 1. The summed E-state index contributed by atoms with van der Waals surface area (Å²) >= 11 is 0. The van der Waals surface area contributed by atoms with Crippen molar-refractivity contribution in [1.82, 2.24) is 15.1 Å². The molecule has 2 rings (SSSR count). The van der Waals surface area contributed by atoms with Gasteiger partial charge in [-0.1, -0.05) is 6.92 Å². The molecule has 0 aliphatic carbocycles. The second-order valence-electron chi connectivity index (χ2n) is 4.18. The Bertz CT molecular complexity index is 305. The van der Waals surface area contributed by atoms with Gasteiger partial charge < -0.3 is 10.4 Å². The van der Waals surface area contributed by atoms with E-state index < -0.39 is 6.10 Å². The van der Waals surface area contributed by atoms with Gasteiger partial charge in [0.05, 0.1) is 12.3 Å². The van der Waals surface area contributed by atoms with Crippen LogP contribution in [0.3, 0.4) is 0 Å². The van der Waals surface area contributed by atoms with Crippen LogP contribution in [0.25, 0.3) is 0 Å². The number of rotatable bonds is 4. The first kappa shape index (κ1) is 10.6. The second kappa shape index (κ2) is 4.77. The third-order valence-corrected chi connectivity index (χ3v) is 2.93. The Labute approximate surface area is 90.3 Å². The lowest BCUT2D eigenvalue weighted by atomic mass is 10.0. The van der Waals surface area contributed by atoms with E-state index in [2.05, 4.69) is 17.3 Å². The van der Waals surface area contributed by atoms with Gasteiger partial charge in [0.1, 0.15) is 0 Å². The minimum absolute atomic E-state index is 0.212. The van der Waals surface area contributed by atoms with E-state index >= 15 is 0 Å². The molecule has 2 heterocycles. The Morgan fingerprint density at radius 3 is 3.27 bits per heavy atom. The van der Waals surface area contributed by atoms with E-state index in [4.69, 9.17) is 0 Å². The highest BCUT2D eigenvalue weighted by molar-refractivity contribution is 5.11. The van der Waals surface area contributed by atoms with Crippen molar-refractivity contribution in [2.45, 2.75) is 44.9 Å². The summed E-state index contributed by atoms with van der Waals surface area (Å²) in [5, 5.41) is 17.6. The molecule has 2 atom stereocenters. The molecule has 0 spiro atoms. The molecule has 1 aromatic heterocycles. The average molecular weight is 209 g/mol. The molecular formula is C11H19N3O. The molecule has 0 bridgehead atoms. The van der Waals surface area contributed by atoms with Gasteiger partial charge >= 0.3 is 0 Å². The van der Waals surface area contributed by atoms with Crippen LogP contribution in [0.1, 0.15) is 37.9 Å². The fourth-order valence-electron chi connectivity index (χ4n) is 2.10. The van der Waals surface area contributed by atoms with Crippen LogP contribution >= 0.6 is 0 Å². The number of nitrogens with zero attached hydrogens (tertiary/aromatic N) is 2. The summed E-state index contributed by atoms with van der Waals surface area (Å²) in [7, 11) is 0. The van der Waals surface area contributed by atoms with Crippen LogP contribution in [0.15, 0.2) is 12.4 Å². The average Bonchev–Trinajstić information content (AvgIpc) is 2.87. The molecule has 0 aromatic carbocycles. The third kappa shape index (κ3) is 2.38. The van der Waals surface area contributed by atoms with Gasteiger partial charge in [-0.2, -0.15) is 5.10 Å². The van der Waals surface area contributed by atoms with Gasteiger partial charge in [0.15, 0.2) is 0 Å². The highest BCUT2D eigenvalue weighted by atomic mass is 16.3. The van der Waals surface area contributed by atoms with Gasteiger partial charge in [0.2, 0.25) is 0 Å². The number of aliphatic hydroxyl groups excluding tert-OH is 1. The van der Waals surface area contributed by atoms with Crippen molar-refractivity contribution in [2.24, 2.45) is 0 Å². The lowest BCUT2D eigenvalue weighted by Gasteiger charge is -2.16. The lowest BCUT2D eigenvalue weighted by molar-refractivity contribution is 0.137. The van der Waals surface area contributed by atoms with E-state index in [0.29, 0.717) is 0 Å². The molecule has 0 radical (unpaired) electrons. The molecule has 1 saturated heterocycles. The minimum atomic E-state index is -0.405. The van der Waals surface area contributed by atoms with Crippen LogP contribution in [0, 0.1) is 0 Å². The topological polar surface area (TPSA) is 50.1 Å². The number of aliphatic hydroxyl groups is 1. The smallest absolute Gasteiger partial charge is 0.0973 e. The van der Waals surface area contributed by atoms with Crippen molar-refractivity contribution in [3.05, 3.63) is 18.0 Å². The Morgan fingerprint density at radius 1 is 1.73 bits per heavy atom. The van der Waals surface area contributed by atoms with E-state index in [1.807, 2.05) is 10.9 Å². The summed E-state index contributed by atoms with van der Waals surface area (Å²) in [5.41, 5.74) is 0.933. The van der Waals surface area contributed by atoms with Crippen LogP contribution in [0.4, 0.5) is 0 Å². The maximum absolute atomic E-state index is 10.1. The normalized spacial score (nSPS) is 23.2. The molecule has 0 amide bonds. The lowest BCUT2D eigenvalue weighted by Crippen LogP contribution is -2.28. The molecule has 15 heavy (non-hydrogen) atoms. The van der Waals surface area contributed by atoms with Crippen LogP contribution in [0.2, 0.25) is 0 Å². The summed E-state index contributed by atoms with van der Waals surface area (Å²) in [4.78, 5) is 0. The largest absolute Gasteiger partial charge is 0.387 e. The van der Waals surface area contributed by atoms with E-state index in [1.54, 1.807) is 6.20 Å². The number of aromatic nitrogens is 2. The predicted molar refractivity (Wildman–Crippen MR) is 58.5 cm³/mol. The van der Waals surface area contributed by atoms with Gasteiger partial charge in [-0.25, -0.2) is 0 Å². The first-order chi connectivity index (χ1) is 7.31. The SMILES string of the molecule is CCCn1cc(C(O)C2CCCN2)cn1. The van der Waals surface area contributed by atoms with Crippen molar-refractivity contribution < 1.29 is 5.11 Å². The molecule has 1 aromatic rings. The zero-order chi connectivity index (χ0) is 10.7. The quantitative estimate of drug-likeness (QED) is 0.780. The van der Waals surface area contributed by atoms with E-state index in [0.717, 1.165) is 37.9 Å². The van der Waals surface area contributed by atoms with Crippen molar-refractivity contribution in [1.29, 1.82) is 0 Å². The van der Waals surface area contributed by atoms with Gasteiger partial charge in [0, 0.05) is 24.3 Å². The van der Waals surface area contributed by atoms with Crippen LogP contribution in [-0.2, 0) is 6.54 Å². The zero-order valence-corrected chi connectivity index (χ0v) is 9.19. The maximum Gasteiger partial charge on any atom is 0.0973 e. The summed E-state index contributed by atoms with van der Waals surface area (Å²) in [6.45, 7) is 4.06. The van der Waals surface area contributed by atoms with Crippen LogP contribution in [0.5, 0.6) is 0 Å². The number of hydrogen-bond acceptors (Lipinski definition) is 3. The van der Waals surface area contributed by atoms with Gasteiger partial charge in [-0.05, 0) is 25.8 Å². The van der Waals surface area contributed by atoms with Gasteiger partial charge in [0.25, 0.3) is 0 Å². The first-order valence-corrected chi connectivity index (χ1v) is 5.75. The Balaban J connectivity index is 2.00. The standard InChI is InChI=1S/C11H19N3O/c1-2-6-14-8-9(7-13-14)11(15)10-4-3-5-12-10/h7-8,10-12,15H,2-6H2,1H3. The van der Waals surface area contributed by atoms with Crippen molar-refractivity contribution in [2.75, 3.05) is 6.54 Å². The molecule has 4 heteroatoms. The summed E-state index contributed by atoms with van der Waals surface area (Å²) < 4.78 is 1.90. The highest BCUT2D eigenvalue weighted by Gasteiger charge is 2.24. The van der Waals surface area contributed by atoms with E-state index in [1.165, 1.54) is 0 Å². The number of aryl methyl sites for hydroxylation is 1. The monoisotopic (exact) mass is 209 g/mol.